The van der Waals surface area contributed by atoms with Gasteiger partial charge in [-0.25, -0.2) is 0 Å². The first-order valence-corrected chi connectivity index (χ1v) is 7.52. The van der Waals surface area contributed by atoms with Gasteiger partial charge < -0.3 is 15.4 Å². The fourth-order valence-corrected chi connectivity index (χ4v) is 3.29. The van der Waals surface area contributed by atoms with E-state index in [9.17, 15) is 0 Å². The summed E-state index contributed by atoms with van der Waals surface area (Å²) in [4.78, 5) is 2.54. The lowest BCUT2D eigenvalue weighted by molar-refractivity contribution is -0.133. The highest BCUT2D eigenvalue weighted by atomic mass is 32.1. The second-order valence-electron chi connectivity index (χ2n) is 6.95. The van der Waals surface area contributed by atoms with Crippen molar-refractivity contribution in [3.05, 3.63) is 16.8 Å². The van der Waals surface area contributed by atoms with Gasteiger partial charge in [0.05, 0.1) is 22.5 Å². The molecule has 6 heteroatoms. The Hall–Kier alpha value is -1.27. The van der Waals surface area contributed by atoms with Crippen LogP contribution in [-0.2, 0) is 4.74 Å². The molecule has 1 aromatic heterocycles. The van der Waals surface area contributed by atoms with Crippen LogP contribution in [0.15, 0.2) is 0 Å². The third kappa shape index (κ3) is 3.32. The minimum absolute atomic E-state index is 0.268. The van der Waals surface area contributed by atoms with Crippen LogP contribution in [0.5, 0.6) is 0 Å². The van der Waals surface area contributed by atoms with Crippen LogP contribution in [0.4, 0.5) is 5.82 Å². The zero-order valence-electron chi connectivity index (χ0n) is 13.6. The van der Waals surface area contributed by atoms with Crippen molar-refractivity contribution in [1.29, 1.82) is 0 Å². The lowest BCUT2D eigenvalue weighted by Gasteiger charge is -2.47. The summed E-state index contributed by atoms with van der Waals surface area (Å²) in [7, 11) is 0. The fraction of sp³-hybridized carbons (Fsp3) is 0.667. The predicted molar refractivity (Wildman–Crippen MR) is 88.8 cm³/mol. The number of nitrogens with zero attached hydrogens (tertiary/aromatic N) is 3. The number of anilines is 1. The summed E-state index contributed by atoms with van der Waals surface area (Å²) >= 11 is 5.23. The molecule has 21 heavy (non-hydrogen) atoms. The van der Waals surface area contributed by atoms with Crippen LogP contribution in [0.3, 0.4) is 0 Å². The number of morpholine rings is 1. The van der Waals surface area contributed by atoms with E-state index in [4.69, 9.17) is 22.7 Å². The monoisotopic (exact) mass is 308 g/mol. The second-order valence-corrected chi connectivity index (χ2v) is 7.39. The Morgan fingerprint density at radius 1 is 1.14 bits per heavy atom. The molecular weight excluding hydrogens is 284 g/mol. The Bertz CT molecular complexity index is 567. The Balaban J connectivity index is 2.51. The maximum atomic E-state index is 6.11. The molecule has 0 unspecified atom stereocenters. The molecule has 0 aliphatic carbocycles. The van der Waals surface area contributed by atoms with E-state index >= 15 is 0 Å². The molecule has 0 spiro atoms. The maximum Gasteiger partial charge on any atom is 0.162 e. The van der Waals surface area contributed by atoms with Crippen molar-refractivity contribution in [3.8, 4) is 0 Å². The Morgan fingerprint density at radius 2 is 1.67 bits per heavy atom. The van der Waals surface area contributed by atoms with Gasteiger partial charge in [0.1, 0.15) is 4.99 Å². The SMILES string of the molecule is Cc1nnc(N2CC(C)(C)OC(C)(C)C2)c(C(N)=S)c1C. The van der Waals surface area contributed by atoms with Gasteiger partial charge in [-0.2, -0.15) is 5.10 Å². The number of aromatic nitrogens is 2. The largest absolute Gasteiger partial charge is 0.389 e. The average Bonchev–Trinajstić information content (AvgIpc) is 2.27. The van der Waals surface area contributed by atoms with Gasteiger partial charge in [0, 0.05) is 13.1 Å². The molecule has 0 aromatic carbocycles. The molecule has 1 fully saturated rings. The third-order valence-corrected chi connectivity index (χ3v) is 3.88. The summed E-state index contributed by atoms with van der Waals surface area (Å²) in [6.07, 6.45) is 0. The van der Waals surface area contributed by atoms with E-state index < -0.39 is 0 Å². The number of hydrogen-bond acceptors (Lipinski definition) is 5. The zero-order valence-corrected chi connectivity index (χ0v) is 14.5. The molecule has 0 saturated carbocycles. The summed E-state index contributed by atoms with van der Waals surface area (Å²) < 4.78 is 6.11. The first-order chi connectivity index (χ1) is 9.52. The minimum Gasteiger partial charge on any atom is -0.389 e. The topological polar surface area (TPSA) is 64.3 Å². The van der Waals surface area contributed by atoms with Crippen molar-refractivity contribution in [2.75, 3.05) is 18.0 Å². The smallest absolute Gasteiger partial charge is 0.162 e. The first kappa shape index (κ1) is 16.1. The summed E-state index contributed by atoms with van der Waals surface area (Å²) in [5.41, 5.74) is 8.07. The molecule has 1 saturated heterocycles. The molecule has 0 radical (unpaired) electrons. The molecule has 0 atom stereocenters. The van der Waals surface area contributed by atoms with Crippen molar-refractivity contribution in [1.82, 2.24) is 10.2 Å². The van der Waals surface area contributed by atoms with Crippen molar-refractivity contribution < 1.29 is 4.74 Å². The van der Waals surface area contributed by atoms with E-state index in [0.29, 0.717) is 4.99 Å². The Labute approximate surface area is 131 Å². The summed E-state index contributed by atoms with van der Waals surface area (Å²) in [6.45, 7) is 13.7. The van der Waals surface area contributed by atoms with Gasteiger partial charge in [-0.05, 0) is 47.1 Å². The number of rotatable bonds is 2. The summed E-state index contributed by atoms with van der Waals surface area (Å²) in [5.74, 6) is 0.759. The highest BCUT2D eigenvalue weighted by molar-refractivity contribution is 7.80. The van der Waals surface area contributed by atoms with Crippen LogP contribution in [0.1, 0.15) is 44.5 Å². The average molecular weight is 308 g/mol. The van der Waals surface area contributed by atoms with E-state index in [-0.39, 0.29) is 11.2 Å². The van der Waals surface area contributed by atoms with Gasteiger partial charge in [-0.15, -0.1) is 5.10 Å². The molecule has 2 heterocycles. The standard InChI is InChI=1S/C15H24N4OS/c1-9-10(2)17-18-13(11(9)12(16)21)19-7-14(3,4)20-15(5,6)8-19/h7-8H2,1-6H3,(H2,16,21). The van der Waals surface area contributed by atoms with Gasteiger partial charge in [0.15, 0.2) is 5.82 Å². The van der Waals surface area contributed by atoms with E-state index in [0.717, 1.165) is 35.7 Å². The van der Waals surface area contributed by atoms with Crippen LogP contribution >= 0.6 is 12.2 Å². The molecular formula is C15H24N4OS. The Morgan fingerprint density at radius 3 is 2.14 bits per heavy atom. The van der Waals surface area contributed by atoms with Crippen LogP contribution in [-0.4, -0.2) is 39.5 Å². The van der Waals surface area contributed by atoms with Crippen molar-refractivity contribution in [3.63, 3.8) is 0 Å². The normalized spacial score (nSPS) is 20.4. The molecule has 1 aromatic rings. The van der Waals surface area contributed by atoms with Crippen LogP contribution < -0.4 is 10.6 Å². The predicted octanol–water partition coefficient (Wildman–Crippen LogP) is 2.12. The van der Waals surface area contributed by atoms with Crippen LogP contribution in [0.2, 0.25) is 0 Å². The number of nitrogens with two attached hydrogens (primary N) is 1. The van der Waals surface area contributed by atoms with Crippen LogP contribution in [0, 0.1) is 13.8 Å². The number of ether oxygens (including phenoxy) is 1. The van der Waals surface area contributed by atoms with E-state index in [1.807, 2.05) is 13.8 Å². The first-order valence-electron chi connectivity index (χ1n) is 7.11. The Kier molecular flexibility index (Phi) is 3.97. The van der Waals surface area contributed by atoms with Gasteiger partial charge in [0.2, 0.25) is 0 Å². The van der Waals surface area contributed by atoms with Crippen LogP contribution in [0.25, 0.3) is 0 Å². The van der Waals surface area contributed by atoms with E-state index in [1.54, 1.807) is 0 Å². The molecule has 0 amide bonds. The zero-order chi connectivity index (χ0) is 16.0. The summed E-state index contributed by atoms with van der Waals surface area (Å²) in [6, 6.07) is 0. The third-order valence-electron chi connectivity index (χ3n) is 3.68. The van der Waals surface area contributed by atoms with Crippen molar-refractivity contribution in [2.45, 2.75) is 52.7 Å². The molecule has 2 rings (SSSR count). The molecule has 0 bridgehead atoms. The van der Waals surface area contributed by atoms with E-state index in [2.05, 4.69) is 42.8 Å². The van der Waals surface area contributed by atoms with E-state index in [1.165, 1.54) is 0 Å². The molecule has 2 N–H and O–H groups in total. The lowest BCUT2D eigenvalue weighted by Crippen LogP contribution is -2.58. The van der Waals surface area contributed by atoms with Gasteiger partial charge in [0.25, 0.3) is 0 Å². The summed E-state index contributed by atoms with van der Waals surface area (Å²) in [5, 5.41) is 8.61. The fourth-order valence-electron chi connectivity index (χ4n) is 3.05. The minimum atomic E-state index is -0.268. The van der Waals surface area contributed by atoms with Crippen molar-refractivity contribution in [2.24, 2.45) is 5.73 Å². The van der Waals surface area contributed by atoms with Gasteiger partial charge in [-0.3, -0.25) is 0 Å². The maximum absolute atomic E-state index is 6.11. The number of aryl methyl sites for hydroxylation is 1. The quantitative estimate of drug-likeness (QED) is 0.844. The van der Waals surface area contributed by atoms with Crippen molar-refractivity contribution >= 4 is 23.0 Å². The molecule has 116 valence electrons. The number of hydrogen-bond donors (Lipinski definition) is 1. The molecule has 5 nitrogen and oxygen atoms in total. The molecule has 1 aliphatic rings. The highest BCUT2D eigenvalue weighted by Gasteiger charge is 2.39. The highest BCUT2D eigenvalue weighted by Crippen LogP contribution is 2.32. The van der Waals surface area contributed by atoms with Gasteiger partial charge >= 0.3 is 0 Å². The van der Waals surface area contributed by atoms with Gasteiger partial charge in [-0.1, -0.05) is 12.2 Å². The number of thiocarbonyl (C=S) groups is 1. The second kappa shape index (κ2) is 5.18. The molecule has 1 aliphatic heterocycles. The lowest BCUT2D eigenvalue weighted by atomic mass is 9.98.